The quantitative estimate of drug-likeness (QED) is 0.805. The average molecular weight is 349 g/mol. The van der Waals surface area contributed by atoms with Crippen LogP contribution in [-0.2, 0) is 0 Å². The van der Waals surface area contributed by atoms with Gasteiger partial charge in [0.2, 0.25) is 0 Å². The largest absolute Gasteiger partial charge is 0.491 e. The molecule has 1 aromatic carbocycles. The van der Waals surface area contributed by atoms with Crippen molar-refractivity contribution in [2.24, 2.45) is 0 Å². The molecule has 0 spiro atoms. The Bertz CT molecular complexity index is 714. The van der Waals surface area contributed by atoms with E-state index in [1.165, 1.54) is 11.8 Å². The van der Waals surface area contributed by atoms with Crippen LogP contribution in [0.15, 0.2) is 35.4 Å². The normalized spacial score (nSPS) is 11.8. The molecule has 1 N–H and O–H groups in total. The van der Waals surface area contributed by atoms with Crippen molar-refractivity contribution in [1.82, 2.24) is 4.98 Å². The van der Waals surface area contributed by atoms with Crippen LogP contribution in [0, 0.1) is 25.2 Å². The molecule has 0 unspecified atom stereocenters. The van der Waals surface area contributed by atoms with Gasteiger partial charge in [-0.1, -0.05) is 11.6 Å². The SMILES string of the molecule is Cc1cc(C)c(C#N)c(SC[C@@H](O)COc2ccc(Cl)cc2)n1. The number of aromatic nitrogens is 1. The third-order valence-corrected chi connectivity index (χ3v) is 4.46. The highest BCUT2D eigenvalue weighted by atomic mass is 35.5. The number of nitriles is 1. The van der Waals surface area contributed by atoms with E-state index < -0.39 is 6.10 Å². The van der Waals surface area contributed by atoms with Gasteiger partial charge in [-0.25, -0.2) is 4.98 Å². The standard InChI is InChI=1S/C17H17ClN2O2S/c1-11-7-12(2)20-17(16(11)8-19)23-10-14(21)9-22-15-5-3-13(18)4-6-15/h3-7,14,21H,9-10H2,1-2H3/t14-/m0/s1. The van der Waals surface area contributed by atoms with E-state index in [9.17, 15) is 10.4 Å². The Morgan fingerprint density at radius 2 is 2.04 bits per heavy atom. The Hall–Kier alpha value is -1.74. The summed E-state index contributed by atoms with van der Waals surface area (Å²) in [6.07, 6.45) is -0.662. The van der Waals surface area contributed by atoms with Crippen LogP contribution in [-0.4, -0.2) is 28.6 Å². The Labute approximate surface area is 145 Å². The number of thioether (sulfide) groups is 1. The maximum atomic E-state index is 10.0. The van der Waals surface area contributed by atoms with Gasteiger partial charge in [0.1, 0.15) is 23.5 Å². The van der Waals surface area contributed by atoms with Gasteiger partial charge in [-0.2, -0.15) is 5.26 Å². The van der Waals surface area contributed by atoms with E-state index in [1.807, 2.05) is 19.9 Å². The van der Waals surface area contributed by atoms with Crippen molar-refractivity contribution < 1.29 is 9.84 Å². The summed E-state index contributed by atoms with van der Waals surface area (Å²) in [5, 5.41) is 20.6. The smallest absolute Gasteiger partial charge is 0.119 e. The molecule has 0 radical (unpaired) electrons. The van der Waals surface area contributed by atoms with Crippen molar-refractivity contribution in [2.45, 2.75) is 25.0 Å². The zero-order valence-electron chi connectivity index (χ0n) is 12.9. The highest BCUT2D eigenvalue weighted by Gasteiger charge is 2.12. The summed E-state index contributed by atoms with van der Waals surface area (Å²) < 4.78 is 5.51. The van der Waals surface area contributed by atoms with E-state index in [0.717, 1.165) is 11.3 Å². The second-order valence-electron chi connectivity index (χ2n) is 5.10. The van der Waals surface area contributed by atoms with E-state index in [4.69, 9.17) is 16.3 Å². The first-order chi connectivity index (χ1) is 11.0. The van der Waals surface area contributed by atoms with Gasteiger partial charge in [-0.15, -0.1) is 11.8 Å². The van der Waals surface area contributed by atoms with Crippen LogP contribution in [0.4, 0.5) is 0 Å². The zero-order chi connectivity index (χ0) is 16.8. The minimum atomic E-state index is -0.662. The second-order valence-corrected chi connectivity index (χ2v) is 6.55. The molecule has 1 heterocycles. The van der Waals surface area contributed by atoms with Crippen molar-refractivity contribution in [3.63, 3.8) is 0 Å². The lowest BCUT2D eigenvalue weighted by Gasteiger charge is -2.13. The third kappa shape index (κ3) is 5.14. The van der Waals surface area contributed by atoms with Gasteiger partial charge < -0.3 is 9.84 Å². The molecule has 0 fully saturated rings. The zero-order valence-corrected chi connectivity index (χ0v) is 14.5. The number of aliphatic hydroxyl groups excluding tert-OH is 1. The maximum Gasteiger partial charge on any atom is 0.119 e. The molecular formula is C17H17ClN2O2S. The minimum Gasteiger partial charge on any atom is -0.491 e. The number of pyridine rings is 1. The number of aliphatic hydroxyl groups is 1. The molecule has 2 rings (SSSR count). The summed E-state index contributed by atoms with van der Waals surface area (Å²) in [5.41, 5.74) is 2.32. The highest BCUT2D eigenvalue weighted by Crippen LogP contribution is 2.24. The highest BCUT2D eigenvalue weighted by molar-refractivity contribution is 7.99. The van der Waals surface area contributed by atoms with Crippen molar-refractivity contribution >= 4 is 23.4 Å². The Balaban J connectivity index is 1.91. The fourth-order valence-electron chi connectivity index (χ4n) is 1.99. The number of halogens is 1. The van der Waals surface area contributed by atoms with Gasteiger partial charge in [0.25, 0.3) is 0 Å². The van der Waals surface area contributed by atoms with Gasteiger partial charge >= 0.3 is 0 Å². The summed E-state index contributed by atoms with van der Waals surface area (Å²) in [4.78, 5) is 4.38. The lowest BCUT2D eigenvalue weighted by Crippen LogP contribution is -2.20. The van der Waals surface area contributed by atoms with Crippen molar-refractivity contribution in [1.29, 1.82) is 5.26 Å². The van der Waals surface area contributed by atoms with Crippen LogP contribution < -0.4 is 4.74 Å². The Kier molecular flexibility index (Phi) is 6.28. The topological polar surface area (TPSA) is 66.1 Å². The molecular weight excluding hydrogens is 332 g/mol. The summed E-state index contributed by atoms with van der Waals surface area (Å²) in [5.74, 6) is 1.05. The van der Waals surface area contributed by atoms with Crippen LogP contribution in [0.1, 0.15) is 16.8 Å². The van der Waals surface area contributed by atoms with E-state index in [-0.39, 0.29) is 6.61 Å². The number of ether oxygens (including phenoxy) is 1. The molecule has 0 saturated carbocycles. The molecule has 2 aromatic rings. The number of aryl methyl sites for hydroxylation is 2. The van der Waals surface area contributed by atoms with Crippen LogP contribution in [0.25, 0.3) is 0 Å². The van der Waals surface area contributed by atoms with Crippen LogP contribution in [0.3, 0.4) is 0 Å². The molecule has 1 atom stereocenters. The average Bonchev–Trinajstić information content (AvgIpc) is 2.52. The van der Waals surface area contributed by atoms with E-state index in [1.54, 1.807) is 24.3 Å². The van der Waals surface area contributed by atoms with Gasteiger partial charge in [0.15, 0.2) is 0 Å². The Morgan fingerprint density at radius 1 is 1.35 bits per heavy atom. The van der Waals surface area contributed by atoms with Crippen LogP contribution >= 0.6 is 23.4 Å². The molecule has 0 saturated heterocycles. The first-order valence-electron chi connectivity index (χ1n) is 7.07. The Morgan fingerprint density at radius 3 is 2.70 bits per heavy atom. The molecule has 120 valence electrons. The van der Waals surface area contributed by atoms with Crippen molar-refractivity contribution in [3.8, 4) is 11.8 Å². The summed E-state index contributed by atoms with van der Waals surface area (Å²) in [6.45, 7) is 3.94. The first-order valence-corrected chi connectivity index (χ1v) is 8.43. The number of rotatable bonds is 6. The first kappa shape index (κ1) is 17.6. The number of hydrogen-bond acceptors (Lipinski definition) is 5. The van der Waals surface area contributed by atoms with Crippen molar-refractivity contribution in [2.75, 3.05) is 12.4 Å². The minimum absolute atomic E-state index is 0.168. The van der Waals surface area contributed by atoms with E-state index in [2.05, 4.69) is 11.1 Å². The monoisotopic (exact) mass is 348 g/mol. The predicted octanol–water partition coefficient (Wildman–Crippen LogP) is 3.76. The molecule has 0 aliphatic heterocycles. The van der Waals surface area contributed by atoms with Gasteiger partial charge in [-0.3, -0.25) is 0 Å². The molecule has 6 heteroatoms. The number of benzene rings is 1. The maximum absolute atomic E-state index is 10.0. The number of nitrogens with zero attached hydrogens (tertiary/aromatic N) is 2. The molecule has 1 aromatic heterocycles. The second kappa shape index (κ2) is 8.21. The summed E-state index contributed by atoms with van der Waals surface area (Å²) >= 11 is 7.17. The van der Waals surface area contributed by atoms with Gasteiger partial charge in [-0.05, 0) is 49.7 Å². The van der Waals surface area contributed by atoms with E-state index >= 15 is 0 Å². The summed E-state index contributed by atoms with van der Waals surface area (Å²) in [7, 11) is 0. The molecule has 23 heavy (non-hydrogen) atoms. The third-order valence-electron chi connectivity index (χ3n) is 3.09. The molecule has 0 bridgehead atoms. The number of hydrogen-bond donors (Lipinski definition) is 1. The van der Waals surface area contributed by atoms with E-state index in [0.29, 0.717) is 27.1 Å². The van der Waals surface area contributed by atoms with Crippen molar-refractivity contribution in [3.05, 3.63) is 52.2 Å². The fraction of sp³-hybridized carbons (Fsp3) is 0.294. The summed E-state index contributed by atoms with van der Waals surface area (Å²) in [6, 6.07) is 11.0. The predicted molar refractivity (Wildman–Crippen MR) is 92.1 cm³/mol. The van der Waals surface area contributed by atoms with Crippen LogP contribution in [0.5, 0.6) is 5.75 Å². The lowest BCUT2D eigenvalue weighted by atomic mass is 10.1. The van der Waals surface area contributed by atoms with Crippen LogP contribution in [0.2, 0.25) is 5.02 Å². The molecule has 0 aliphatic rings. The molecule has 0 aliphatic carbocycles. The molecule has 0 amide bonds. The lowest BCUT2D eigenvalue weighted by molar-refractivity contribution is 0.126. The molecule has 4 nitrogen and oxygen atoms in total. The van der Waals surface area contributed by atoms with Gasteiger partial charge in [0, 0.05) is 16.5 Å². The van der Waals surface area contributed by atoms with Gasteiger partial charge in [0.05, 0.1) is 11.7 Å². The fourth-order valence-corrected chi connectivity index (χ4v) is 3.12.